The van der Waals surface area contributed by atoms with E-state index in [0.717, 1.165) is 18.7 Å². The number of benzene rings is 1. The molecule has 0 saturated carbocycles. The van der Waals surface area contributed by atoms with Gasteiger partial charge in [-0.25, -0.2) is 0 Å². The summed E-state index contributed by atoms with van der Waals surface area (Å²) in [7, 11) is 1.91. The largest absolute Gasteiger partial charge is 0.355 e. The maximum atomic E-state index is 12.6. The van der Waals surface area contributed by atoms with Crippen LogP contribution in [0, 0.1) is 12.8 Å². The molecule has 0 bridgehead atoms. The van der Waals surface area contributed by atoms with Crippen LogP contribution in [-0.4, -0.2) is 35.3 Å². The standard InChI is InChI=1S/C19H26N4O.ClH/c1-13-4-6-15(7-5-13)14(2)8-21-19(24)18-11-20-10-17(18)16-9-22-23(3)12-16;/h4-7,9,12,14,17-18,20H,8,10-11H2,1-3H3,(H,21,24);1H/t14?,17-,18+;/m1./s1. The van der Waals surface area contributed by atoms with Gasteiger partial charge in [-0.15, -0.1) is 12.4 Å². The molecule has 0 aliphatic carbocycles. The third-order valence-corrected chi connectivity index (χ3v) is 4.93. The molecule has 2 heterocycles. The lowest BCUT2D eigenvalue weighted by atomic mass is 9.90. The summed E-state index contributed by atoms with van der Waals surface area (Å²) in [5.41, 5.74) is 3.65. The number of hydrogen-bond donors (Lipinski definition) is 2. The molecular formula is C19H27ClN4O. The molecule has 5 nitrogen and oxygen atoms in total. The number of amides is 1. The first-order valence-electron chi connectivity index (χ1n) is 8.58. The van der Waals surface area contributed by atoms with Crippen LogP contribution >= 0.6 is 12.4 Å². The van der Waals surface area contributed by atoms with Crippen molar-refractivity contribution in [2.75, 3.05) is 19.6 Å². The zero-order valence-corrected chi connectivity index (χ0v) is 15.8. The molecule has 1 aliphatic rings. The van der Waals surface area contributed by atoms with Gasteiger partial charge < -0.3 is 10.6 Å². The van der Waals surface area contributed by atoms with Crippen LogP contribution in [0.15, 0.2) is 36.7 Å². The van der Waals surface area contributed by atoms with Crippen LogP contribution < -0.4 is 10.6 Å². The van der Waals surface area contributed by atoms with Gasteiger partial charge in [0.15, 0.2) is 0 Å². The third-order valence-electron chi connectivity index (χ3n) is 4.93. The minimum absolute atomic E-state index is 0. The molecule has 1 aromatic heterocycles. The van der Waals surface area contributed by atoms with E-state index in [2.05, 4.69) is 53.8 Å². The normalized spacial score (nSPS) is 20.8. The molecule has 25 heavy (non-hydrogen) atoms. The summed E-state index contributed by atoms with van der Waals surface area (Å²) < 4.78 is 1.79. The van der Waals surface area contributed by atoms with E-state index in [1.165, 1.54) is 11.1 Å². The number of nitrogens with one attached hydrogen (secondary N) is 2. The van der Waals surface area contributed by atoms with Crippen LogP contribution in [0.1, 0.15) is 35.4 Å². The maximum absolute atomic E-state index is 12.6. The lowest BCUT2D eigenvalue weighted by Gasteiger charge is -2.19. The molecule has 0 spiro atoms. The Balaban J connectivity index is 0.00000225. The van der Waals surface area contributed by atoms with E-state index >= 15 is 0 Å². The molecule has 3 rings (SSSR count). The number of rotatable bonds is 5. The Labute approximate surface area is 155 Å². The van der Waals surface area contributed by atoms with Crippen LogP contribution in [0.2, 0.25) is 0 Å². The smallest absolute Gasteiger partial charge is 0.225 e. The Hall–Kier alpha value is -1.85. The van der Waals surface area contributed by atoms with Crippen molar-refractivity contribution in [1.29, 1.82) is 0 Å². The lowest BCUT2D eigenvalue weighted by Crippen LogP contribution is -2.36. The average molecular weight is 363 g/mol. The minimum atomic E-state index is -0.0283. The Morgan fingerprint density at radius 2 is 2.08 bits per heavy atom. The summed E-state index contributed by atoms with van der Waals surface area (Å²) in [6, 6.07) is 8.52. The summed E-state index contributed by atoms with van der Waals surface area (Å²) in [4.78, 5) is 12.6. The molecule has 1 aromatic carbocycles. The van der Waals surface area contributed by atoms with E-state index in [-0.39, 0.29) is 30.2 Å². The molecule has 1 aliphatic heterocycles. The van der Waals surface area contributed by atoms with Gasteiger partial charge in [-0.05, 0) is 24.0 Å². The number of aromatic nitrogens is 2. The Bertz CT molecular complexity index is 698. The van der Waals surface area contributed by atoms with Gasteiger partial charge >= 0.3 is 0 Å². The topological polar surface area (TPSA) is 59.0 Å². The second-order valence-electron chi connectivity index (χ2n) is 6.88. The summed E-state index contributed by atoms with van der Waals surface area (Å²) in [6.45, 7) is 6.46. The van der Waals surface area contributed by atoms with E-state index < -0.39 is 0 Å². The fourth-order valence-corrected chi connectivity index (χ4v) is 3.33. The van der Waals surface area contributed by atoms with Gasteiger partial charge in [0, 0.05) is 38.8 Å². The molecule has 2 N–H and O–H groups in total. The maximum Gasteiger partial charge on any atom is 0.225 e. The Kier molecular flexibility index (Phi) is 6.62. The Morgan fingerprint density at radius 3 is 2.72 bits per heavy atom. The van der Waals surface area contributed by atoms with Crippen LogP contribution in [0.4, 0.5) is 0 Å². The molecule has 1 amide bonds. The first-order valence-corrected chi connectivity index (χ1v) is 8.58. The first-order chi connectivity index (χ1) is 11.5. The summed E-state index contributed by atoms with van der Waals surface area (Å²) >= 11 is 0. The van der Waals surface area contributed by atoms with Crippen LogP contribution in [0.5, 0.6) is 0 Å². The zero-order chi connectivity index (χ0) is 17.1. The quantitative estimate of drug-likeness (QED) is 0.858. The van der Waals surface area contributed by atoms with Gasteiger partial charge in [-0.2, -0.15) is 5.10 Å². The van der Waals surface area contributed by atoms with Crippen molar-refractivity contribution in [2.24, 2.45) is 13.0 Å². The molecule has 2 aromatic rings. The molecule has 1 fully saturated rings. The van der Waals surface area contributed by atoms with E-state index in [0.29, 0.717) is 12.5 Å². The van der Waals surface area contributed by atoms with E-state index in [1.807, 2.05) is 19.4 Å². The number of halogens is 1. The second-order valence-corrected chi connectivity index (χ2v) is 6.88. The van der Waals surface area contributed by atoms with Crippen molar-refractivity contribution >= 4 is 18.3 Å². The van der Waals surface area contributed by atoms with Crippen LogP contribution in [0.3, 0.4) is 0 Å². The zero-order valence-electron chi connectivity index (χ0n) is 15.0. The SMILES string of the molecule is Cc1ccc(C(C)CNC(=O)[C@H]2CNC[C@@H]2c2cnn(C)c2)cc1.Cl. The van der Waals surface area contributed by atoms with Crippen LogP contribution in [0.25, 0.3) is 0 Å². The van der Waals surface area contributed by atoms with Crippen molar-refractivity contribution in [1.82, 2.24) is 20.4 Å². The van der Waals surface area contributed by atoms with Crippen molar-refractivity contribution < 1.29 is 4.79 Å². The van der Waals surface area contributed by atoms with Crippen molar-refractivity contribution in [3.8, 4) is 0 Å². The van der Waals surface area contributed by atoms with Gasteiger partial charge in [0.2, 0.25) is 5.91 Å². The van der Waals surface area contributed by atoms with E-state index in [1.54, 1.807) is 4.68 Å². The average Bonchev–Trinajstić information content (AvgIpc) is 3.21. The molecular weight excluding hydrogens is 336 g/mol. The van der Waals surface area contributed by atoms with Gasteiger partial charge in [0.05, 0.1) is 12.1 Å². The monoisotopic (exact) mass is 362 g/mol. The number of carbonyl (C=O) groups excluding carboxylic acids is 1. The predicted molar refractivity (Wildman–Crippen MR) is 102 cm³/mol. The van der Waals surface area contributed by atoms with Gasteiger partial charge in [0.1, 0.15) is 0 Å². The summed E-state index contributed by atoms with van der Waals surface area (Å²) in [6.07, 6.45) is 3.87. The van der Waals surface area contributed by atoms with Gasteiger partial charge in [0.25, 0.3) is 0 Å². The predicted octanol–water partition coefficient (Wildman–Crippen LogP) is 2.37. The molecule has 1 saturated heterocycles. The molecule has 0 radical (unpaired) electrons. The van der Waals surface area contributed by atoms with Crippen molar-refractivity contribution in [2.45, 2.75) is 25.7 Å². The highest BCUT2D eigenvalue weighted by Gasteiger charge is 2.34. The van der Waals surface area contributed by atoms with E-state index in [9.17, 15) is 4.79 Å². The first kappa shape index (κ1) is 19.5. The fourth-order valence-electron chi connectivity index (χ4n) is 3.33. The van der Waals surface area contributed by atoms with Gasteiger partial charge in [-0.1, -0.05) is 36.8 Å². The van der Waals surface area contributed by atoms with E-state index in [4.69, 9.17) is 0 Å². The van der Waals surface area contributed by atoms with Crippen LogP contribution in [-0.2, 0) is 11.8 Å². The van der Waals surface area contributed by atoms with Gasteiger partial charge in [-0.3, -0.25) is 9.48 Å². The van der Waals surface area contributed by atoms with Crippen molar-refractivity contribution in [3.05, 3.63) is 53.3 Å². The number of nitrogens with zero attached hydrogens (tertiary/aromatic N) is 2. The highest BCUT2D eigenvalue weighted by Crippen LogP contribution is 2.28. The highest BCUT2D eigenvalue weighted by molar-refractivity contribution is 5.85. The summed E-state index contributed by atoms with van der Waals surface area (Å²) in [5.74, 6) is 0.612. The second kappa shape index (κ2) is 8.50. The molecule has 136 valence electrons. The fraction of sp³-hybridized carbons (Fsp3) is 0.474. The number of hydrogen-bond acceptors (Lipinski definition) is 3. The minimum Gasteiger partial charge on any atom is -0.355 e. The molecule has 3 atom stereocenters. The summed E-state index contributed by atoms with van der Waals surface area (Å²) in [5, 5.41) is 10.7. The Morgan fingerprint density at radius 1 is 1.36 bits per heavy atom. The van der Waals surface area contributed by atoms with Crippen molar-refractivity contribution in [3.63, 3.8) is 0 Å². The molecule has 6 heteroatoms. The number of carbonyl (C=O) groups is 1. The third kappa shape index (κ3) is 4.61. The molecule has 1 unspecified atom stereocenters. The lowest BCUT2D eigenvalue weighted by molar-refractivity contribution is -0.124. The highest BCUT2D eigenvalue weighted by atomic mass is 35.5. The number of aryl methyl sites for hydroxylation is 2.